The summed E-state index contributed by atoms with van der Waals surface area (Å²) in [6, 6.07) is -0.000255. The maximum atomic E-state index is 10.9. The lowest BCUT2D eigenvalue weighted by molar-refractivity contribution is 0.577. The van der Waals surface area contributed by atoms with E-state index in [1.54, 1.807) is 0 Å². The summed E-state index contributed by atoms with van der Waals surface area (Å²) in [4.78, 5) is 0. The first-order valence-electron chi connectivity index (χ1n) is 3.18. The fraction of sp³-hybridized carbons (Fsp3) is 1.00. The number of hydrogen-bond acceptors (Lipinski definition) is 4. The zero-order chi connectivity index (χ0) is 7.78. The molecule has 4 nitrogen and oxygen atoms in total. The largest absolute Gasteiger partial charge is 0.326 e. The molecule has 2 unspecified atom stereocenters. The molecular formula is C5H12N2O2S. The van der Waals surface area contributed by atoms with E-state index < -0.39 is 15.2 Å². The summed E-state index contributed by atoms with van der Waals surface area (Å²) in [5, 5.41) is 2.42. The predicted molar refractivity (Wildman–Crippen MR) is 39.2 cm³/mol. The van der Waals surface area contributed by atoms with Crippen molar-refractivity contribution in [2.24, 2.45) is 5.73 Å². The highest BCUT2D eigenvalue weighted by atomic mass is 32.2. The van der Waals surface area contributed by atoms with Gasteiger partial charge in [0.15, 0.2) is 9.84 Å². The monoisotopic (exact) mass is 164 g/mol. The molecule has 0 saturated carbocycles. The molecular weight excluding hydrogens is 152 g/mol. The third-order valence-corrected chi connectivity index (χ3v) is 3.03. The first kappa shape index (κ1) is 7.97. The van der Waals surface area contributed by atoms with Gasteiger partial charge in [0.05, 0.1) is 0 Å². The van der Waals surface area contributed by atoms with Crippen molar-refractivity contribution in [2.75, 3.05) is 12.8 Å². The fourth-order valence-electron chi connectivity index (χ4n) is 1.05. The van der Waals surface area contributed by atoms with Crippen molar-refractivity contribution in [3.05, 3.63) is 0 Å². The average molecular weight is 164 g/mol. The smallest absolute Gasteiger partial charge is 0.163 e. The van der Waals surface area contributed by atoms with Crippen molar-refractivity contribution >= 4 is 9.84 Å². The van der Waals surface area contributed by atoms with Crippen LogP contribution >= 0.6 is 0 Å². The van der Waals surface area contributed by atoms with E-state index in [1.165, 1.54) is 6.26 Å². The Morgan fingerprint density at radius 3 is 2.40 bits per heavy atom. The van der Waals surface area contributed by atoms with E-state index in [4.69, 9.17) is 5.73 Å². The molecule has 0 aromatic carbocycles. The minimum atomic E-state index is -2.93. The summed E-state index contributed by atoms with van der Waals surface area (Å²) in [6.45, 7) is 0.609. The zero-order valence-corrected chi connectivity index (χ0v) is 6.69. The topological polar surface area (TPSA) is 72.2 Å². The Kier molecular flexibility index (Phi) is 1.98. The molecule has 0 aromatic heterocycles. The highest BCUT2D eigenvalue weighted by molar-refractivity contribution is 7.91. The number of hydrogen-bond donors (Lipinski definition) is 2. The normalized spacial score (nSPS) is 34.6. The van der Waals surface area contributed by atoms with E-state index in [-0.39, 0.29) is 6.04 Å². The second-order valence-electron chi connectivity index (χ2n) is 2.72. The third-order valence-electron chi connectivity index (χ3n) is 1.64. The first-order valence-corrected chi connectivity index (χ1v) is 5.13. The highest BCUT2D eigenvalue weighted by Crippen LogP contribution is 2.09. The van der Waals surface area contributed by atoms with Crippen molar-refractivity contribution in [3.63, 3.8) is 0 Å². The van der Waals surface area contributed by atoms with Gasteiger partial charge in [-0.15, -0.1) is 0 Å². The SMILES string of the molecule is CS(=O)(=O)C1CC(N)CN1. The van der Waals surface area contributed by atoms with Crippen LogP contribution in [0.2, 0.25) is 0 Å². The minimum Gasteiger partial charge on any atom is -0.326 e. The molecule has 1 aliphatic heterocycles. The van der Waals surface area contributed by atoms with Gasteiger partial charge in [-0.2, -0.15) is 0 Å². The van der Waals surface area contributed by atoms with Gasteiger partial charge >= 0.3 is 0 Å². The average Bonchev–Trinajstić information content (AvgIpc) is 2.11. The van der Waals surface area contributed by atoms with Gasteiger partial charge in [-0.3, -0.25) is 5.32 Å². The molecule has 5 heteroatoms. The van der Waals surface area contributed by atoms with Crippen LogP contribution in [-0.4, -0.2) is 32.6 Å². The molecule has 1 fully saturated rings. The van der Waals surface area contributed by atoms with Gasteiger partial charge in [0.1, 0.15) is 5.37 Å². The van der Waals surface area contributed by atoms with Crippen LogP contribution in [0.4, 0.5) is 0 Å². The molecule has 1 saturated heterocycles. The maximum absolute atomic E-state index is 10.9. The highest BCUT2D eigenvalue weighted by Gasteiger charge is 2.28. The van der Waals surface area contributed by atoms with Crippen LogP contribution in [0, 0.1) is 0 Å². The van der Waals surface area contributed by atoms with Crippen molar-refractivity contribution in [2.45, 2.75) is 17.8 Å². The van der Waals surface area contributed by atoms with Gasteiger partial charge in [-0.05, 0) is 6.42 Å². The van der Waals surface area contributed by atoms with Gasteiger partial charge in [0.25, 0.3) is 0 Å². The lowest BCUT2D eigenvalue weighted by Crippen LogP contribution is -2.29. The van der Waals surface area contributed by atoms with Gasteiger partial charge < -0.3 is 5.73 Å². The molecule has 60 valence electrons. The second-order valence-corrected chi connectivity index (χ2v) is 4.95. The predicted octanol–water partition coefficient (Wildman–Crippen LogP) is -1.32. The van der Waals surface area contributed by atoms with E-state index in [0.29, 0.717) is 13.0 Å². The number of rotatable bonds is 1. The Morgan fingerprint density at radius 1 is 1.60 bits per heavy atom. The molecule has 0 aliphatic carbocycles. The van der Waals surface area contributed by atoms with Crippen LogP contribution in [0.1, 0.15) is 6.42 Å². The zero-order valence-electron chi connectivity index (χ0n) is 5.87. The molecule has 0 radical (unpaired) electrons. The molecule has 1 aliphatic rings. The van der Waals surface area contributed by atoms with E-state index in [1.807, 2.05) is 0 Å². The second kappa shape index (κ2) is 2.48. The van der Waals surface area contributed by atoms with Crippen LogP contribution in [-0.2, 0) is 9.84 Å². The van der Waals surface area contributed by atoms with Gasteiger partial charge in [0.2, 0.25) is 0 Å². The number of sulfone groups is 1. The van der Waals surface area contributed by atoms with Crippen molar-refractivity contribution in [3.8, 4) is 0 Å². The summed E-state index contributed by atoms with van der Waals surface area (Å²) in [6.07, 6.45) is 1.77. The van der Waals surface area contributed by atoms with Crippen LogP contribution in [0.3, 0.4) is 0 Å². The maximum Gasteiger partial charge on any atom is 0.163 e. The molecule has 3 N–H and O–H groups in total. The Balaban J connectivity index is 2.62. The summed E-state index contributed by atoms with van der Waals surface area (Å²) < 4.78 is 21.7. The van der Waals surface area contributed by atoms with Crippen molar-refractivity contribution in [1.82, 2.24) is 5.32 Å². The Morgan fingerprint density at radius 2 is 2.20 bits per heavy atom. The quantitative estimate of drug-likeness (QED) is 0.504. The van der Waals surface area contributed by atoms with Gasteiger partial charge in [-0.25, -0.2) is 8.42 Å². The molecule has 0 bridgehead atoms. The molecule has 2 atom stereocenters. The van der Waals surface area contributed by atoms with E-state index in [9.17, 15) is 8.42 Å². The standard InChI is InChI=1S/C5H12N2O2S/c1-10(8,9)5-2-4(6)3-7-5/h4-5,7H,2-3,6H2,1H3. The van der Waals surface area contributed by atoms with Crippen molar-refractivity contribution in [1.29, 1.82) is 0 Å². The molecule has 10 heavy (non-hydrogen) atoms. The molecule has 0 spiro atoms. The Labute approximate surface area is 60.7 Å². The molecule has 0 aromatic rings. The molecule has 1 rings (SSSR count). The van der Waals surface area contributed by atoms with Crippen LogP contribution < -0.4 is 11.1 Å². The fourth-order valence-corrected chi connectivity index (χ4v) is 2.05. The third kappa shape index (κ3) is 1.68. The summed E-state index contributed by atoms with van der Waals surface area (Å²) in [5.41, 5.74) is 5.49. The molecule has 1 heterocycles. The van der Waals surface area contributed by atoms with Crippen LogP contribution in [0.15, 0.2) is 0 Å². The lowest BCUT2D eigenvalue weighted by Gasteiger charge is -2.05. The Hall–Kier alpha value is -0.130. The summed E-state index contributed by atoms with van der Waals surface area (Å²) in [7, 11) is -2.93. The Bertz CT molecular complexity index is 212. The minimum absolute atomic E-state index is 0.000255. The number of nitrogens with one attached hydrogen (secondary N) is 1. The van der Waals surface area contributed by atoms with Gasteiger partial charge in [0, 0.05) is 18.8 Å². The van der Waals surface area contributed by atoms with E-state index in [2.05, 4.69) is 5.32 Å². The van der Waals surface area contributed by atoms with Gasteiger partial charge in [-0.1, -0.05) is 0 Å². The lowest BCUT2D eigenvalue weighted by atomic mass is 10.3. The van der Waals surface area contributed by atoms with Crippen LogP contribution in [0.5, 0.6) is 0 Å². The van der Waals surface area contributed by atoms with Crippen molar-refractivity contribution < 1.29 is 8.42 Å². The molecule has 0 amide bonds. The van der Waals surface area contributed by atoms with E-state index >= 15 is 0 Å². The van der Waals surface area contributed by atoms with Crippen LogP contribution in [0.25, 0.3) is 0 Å². The van der Waals surface area contributed by atoms with E-state index in [0.717, 1.165) is 0 Å². The summed E-state index contributed by atoms with van der Waals surface area (Å²) >= 11 is 0. The first-order chi connectivity index (χ1) is 4.50. The summed E-state index contributed by atoms with van der Waals surface area (Å²) in [5.74, 6) is 0. The number of nitrogens with two attached hydrogens (primary N) is 1.